The van der Waals surface area contributed by atoms with Crippen LogP contribution in [0.1, 0.15) is 11.8 Å². The minimum Gasteiger partial charge on any atom is -0.395 e. The molecular weight excluding hydrogens is 314 g/mol. The van der Waals surface area contributed by atoms with Gasteiger partial charge in [0.1, 0.15) is 17.7 Å². The van der Waals surface area contributed by atoms with Gasteiger partial charge in [0.2, 0.25) is 0 Å². The van der Waals surface area contributed by atoms with Crippen LogP contribution in [0.25, 0.3) is 0 Å². The number of aliphatic hydroxyl groups is 4. The molecule has 1 heterocycles. The molecule has 9 heteroatoms. The van der Waals surface area contributed by atoms with Crippen molar-refractivity contribution in [3.63, 3.8) is 0 Å². The van der Waals surface area contributed by atoms with Gasteiger partial charge in [-0.3, -0.25) is 10.7 Å². The van der Waals surface area contributed by atoms with Crippen molar-refractivity contribution in [3.05, 3.63) is 29.8 Å². The number of aliphatic imine (C=N–C) groups is 1. The average Bonchev–Trinajstić information content (AvgIpc) is 2.89. The first-order chi connectivity index (χ1) is 11.6. The maximum atomic E-state index is 9.87. The Labute approximate surface area is 139 Å². The van der Waals surface area contributed by atoms with E-state index in [2.05, 4.69) is 15.4 Å². The monoisotopic (exact) mass is 335 g/mol. The number of nitrogens with zero attached hydrogens (tertiary/aromatic N) is 3. The van der Waals surface area contributed by atoms with Crippen molar-refractivity contribution in [2.24, 2.45) is 10.1 Å². The fourth-order valence-electron chi connectivity index (χ4n) is 2.16. The van der Waals surface area contributed by atoms with Crippen LogP contribution >= 0.6 is 0 Å². The molecule has 0 saturated carbocycles. The zero-order valence-corrected chi connectivity index (χ0v) is 13.1. The number of aliphatic hydroxyl groups excluding tert-OH is 4. The van der Waals surface area contributed by atoms with Gasteiger partial charge in [0.25, 0.3) is 0 Å². The lowest BCUT2D eigenvalue weighted by Crippen LogP contribution is -2.29. The highest BCUT2D eigenvalue weighted by molar-refractivity contribution is 6.70. The summed E-state index contributed by atoms with van der Waals surface area (Å²) in [4.78, 5) is 4.32. The molecule has 0 fully saturated rings. The van der Waals surface area contributed by atoms with Gasteiger partial charge in [0.15, 0.2) is 5.84 Å². The molecule has 9 nitrogen and oxygen atoms in total. The van der Waals surface area contributed by atoms with E-state index in [9.17, 15) is 10.2 Å². The molecular formula is C15H21N5O4. The third-order valence-corrected chi connectivity index (χ3v) is 3.36. The van der Waals surface area contributed by atoms with Crippen molar-refractivity contribution >= 4 is 22.9 Å². The number of rotatable bonds is 8. The molecule has 24 heavy (non-hydrogen) atoms. The Morgan fingerprint density at radius 1 is 1.17 bits per heavy atom. The van der Waals surface area contributed by atoms with E-state index in [4.69, 9.17) is 15.6 Å². The molecule has 0 saturated heterocycles. The number of amidine groups is 1. The van der Waals surface area contributed by atoms with Gasteiger partial charge in [-0.1, -0.05) is 12.1 Å². The number of hydrazone groups is 1. The predicted molar refractivity (Wildman–Crippen MR) is 89.6 cm³/mol. The van der Waals surface area contributed by atoms with Crippen LogP contribution in [0.4, 0.5) is 5.69 Å². The summed E-state index contributed by atoms with van der Waals surface area (Å²) in [5.74, 6) is 0.0156. The maximum absolute atomic E-state index is 9.87. The SMILES string of the molecule is N=C1C(=Nc2ccc(C(O)NCCO)cc2)C(CO)=NN1CCO. The van der Waals surface area contributed by atoms with E-state index in [1.165, 1.54) is 5.01 Å². The van der Waals surface area contributed by atoms with Crippen LogP contribution in [-0.4, -0.2) is 75.6 Å². The zero-order valence-electron chi connectivity index (χ0n) is 13.1. The van der Waals surface area contributed by atoms with E-state index < -0.39 is 6.23 Å². The summed E-state index contributed by atoms with van der Waals surface area (Å²) in [5, 5.41) is 53.0. The van der Waals surface area contributed by atoms with Crippen LogP contribution in [-0.2, 0) is 0 Å². The summed E-state index contributed by atoms with van der Waals surface area (Å²) in [5.41, 5.74) is 1.67. The van der Waals surface area contributed by atoms with E-state index in [0.29, 0.717) is 11.3 Å². The Morgan fingerprint density at radius 3 is 2.46 bits per heavy atom. The van der Waals surface area contributed by atoms with Crippen LogP contribution in [0.5, 0.6) is 0 Å². The second-order valence-corrected chi connectivity index (χ2v) is 5.03. The molecule has 1 unspecified atom stereocenters. The topological polar surface area (TPSA) is 145 Å². The minimum atomic E-state index is -0.891. The molecule has 0 spiro atoms. The summed E-state index contributed by atoms with van der Waals surface area (Å²) in [7, 11) is 0. The van der Waals surface area contributed by atoms with Crippen molar-refractivity contribution in [1.29, 1.82) is 5.41 Å². The van der Waals surface area contributed by atoms with E-state index in [1.54, 1.807) is 24.3 Å². The largest absolute Gasteiger partial charge is 0.395 e. The number of hydrogen-bond acceptors (Lipinski definition) is 8. The molecule has 0 aliphatic carbocycles. The number of nitrogens with one attached hydrogen (secondary N) is 2. The molecule has 2 rings (SSSR count). The number of hydrogen-bond donors (Lipinski definition) is 6. The molecule has 1 atom stereocenters. The summed E-state index contributed by atoms with van der Waals surface area (Å²) >= 11 is 0. The van der Waals surface area contributed by atoms with Gasteiger partial charge in [-0.05, 0) is 17.7 Å². The molecule has 0 bridgehead atoms. The average molecular weight is 335 g/mol. The molecule has 1 aliphatic rings. The van der Waals surface area contributed by atoms with Crippen LogP contribution < -0.4 is 5.32 Å². The molecule has 0 amide bonds. The van der Waals surface area contributed by atoms with Gasteiger partial charge >= 0.3 is 0 Å². The quantitative estimate of drug-likeness (QED) is 0.335. The van der Waals surface area contributed by atoms with Crippen molar-refractivity contribution in [2.45, 2.75) is 6.23 Å². The highest BCUT2D eigenvalue weighted by Gasteiger charge is 2.27. The normalized spacial score (nSPS) is 17.5. The van der Waals surface area contributed by atoms with Crippen LogP contribution in [0.3, 0.4) is 0 Å². The summed E-state index contributed by atoms with van der Waals surface area (Å²) in [6.45, 7) is -0.156. The van der Waals surface area contributed by atoms with Gasteiger partial charge in [0, 0.05) is 6.54 Å². The molecule has 1 aromatic rings. The van der Waals surface area contributed by atoms with Crippen molar-refractivity contribution in [1.82, 2.24) is 10.3 Å². The van der Waals surface area contributed by atoms with Crippen molar-refractivity contribution in [2.75, 3.05) is 32.9 Å². The first-order valence-electron chi connectivity index (χ1n) is 7.47. The lowest BCUT2D eigenvalue weighted by atomic mass is 10.1. The van der Waals surface area contributed by atoms with Gasteiger partial charge in [-0.2, -0.15) is 5.10 Å². The van der Waals surface area contributed by atoms with Crippen molar-refractivity contribution in [3.8, 4) is 0 Å². The van der Waals surface area contributed by atoms with E-state index in [0.717, 1.165) is 0 Å². The molecule has 6 N–H and O–H groups in total. The standard InChI is InChI=1S/C15H21N5O4/c16-14-13(12(9-23)19-20(14)6-8-22)18-11-3-1-10(2-4-11)15(24)17-5-7-21/h1-4,15-17,21-24H,5-9H2. The fourth-order valence-corrected chi connectivity index (χ4v) is 2.16. The Morgan fingerprint density at radius 2 is 1.88 bits per heavy atom. The molecule has 0 radical (unpaired) electrons. The molecule has 0 aromatic heterocycles. The van der Waals surface area contributed by atoms with Crippen LogP contribution in [0.2, 0.25) is 0 Å². The van der Waals surface area contributed by atoms with E-state index in [1.807, 2.05) is 0 Å². The Hall–Kier alpha value is -2.17. The second-order valence-electron chi connectivity index (χ2n) is 5.03. The van der Waals surface area contributed by atoms with E-state index in [-0.39, 0.29) is 50.2 Å². The Kier molecular flexibility index (Phi) is 6.53. The zero-order chi connectivity index (χ0) is 17.5. The summed E-state index contributed by atoms with van der Waals surface area (Å²) < 4.78 is 0. The summed E-state index contributed by atoms with van der Waals surface area (Å²) in [6.07, 6.45) is -0.891. The van der Waals surface area contributed by atoms with Crippen LogP contribution in [0.15, 0.2) is 34.4 Å². The van der Waals surface area contributed by atoms with Gasteiger partial charge in [-0.25, -0.2) is 10.0 Å². The van der Waals surface area contributed by atoms with Crippen LogP contribution in [0, 0.1) is 5.41 Å². The fraction of sp³-hybridized carbons (Fsp3) is 0.400. The third kappa shape index (κ3) is 4.22. The number of β-amino-alcohol motifs (C(OH)–C–C–N with tert-alkyl or cyclic N) is 1. The first-order valence-corrected chi connectivity index (χ1v) is 7.47. The summed E-state index contributed by atoms with van der Waals surface area (Å²) in [6, 6.07) is 6.69. The highest BCUT2D eigenvalue weighted by Crippen LogP contribution is 2.19. The molecule has 130 valence electrons. The molecule has 1 aliphatic heterocycles. The predicted octanol–water partition coefficient (Wildman–Crippen LogP) is -1.03. The van der Waals surface area contributed by atoms with Gasteiger partial charge in [-0.15, -0.1) is 0 Å². The first kappa shape index (κ1) is 18.2. The minimum absolute atomic E-state index is 0.0156. The van der Waals surface area contributed by atoms with Crippen molar-refractivity contribution < 1.29 is 20.4 Å². The van der Waals surface area contributed by atoms with E-state index >= 15 is 0 Å². The Balaban J connectivity index is 2.15. The third-order valence-electron chi connectivity index (χ3n) is 3.36. The van der Waals surface area contributed by atoms with Gasteiger partial charge in [0.05, 0.1) is 32.1 Å². The Bertz CT molecular complexity index is 629. The second kappa shape index (κ2) is 8.62. The highest BCUT2D eigenvalue weighted by atomic mass is 16.3. The smallest absolute Gasteiger partial charge is 0.169 e. The maximum Gasteiger partial charge on any atom is 0.169 e. The molecule has 1 aromatic carbocycles. The lowest BCUT2D eigenvalue weighted by molar-refractivity contribution is 0.129. The van der Waals surface area contributed by atoms with Gasteiger partial charge < -0.3 is 20.4 Å². The lowest BCUT2D eigenvalue weighted by Gasteiger charge is -2.12. The number of benzene rings is 1.